The van der Waals surface area contributed by atoms with E-state index < -0.39 is 0 Å². The molecule has 3 rings (SSSR count). The molecule has 1 aliphatic heterocycles. The van der Waals surface area contributed by atoms with Crippen LogP contribution in [0.3, 0.4) is 0 Å². The number of hydrogen-bond donors (Lipinski definition) is 2. The molecule has 1 aromatic carbocycles. The molecular weight excluding hydrogens is 342 g/mol. The molecule has 2 aromatic rings. The predicted octanol–water partition coefficient (Wildman–Crippen LogP) is 2.93. The van der Waals surface area contributed by atoms with Crippen molar-refractivity contribution < 1.29 is 9.47 Å². The van der Waals surface area contributed by atoms with Crippen LogP contribution in [0.2, 0.25) is 0 Å². The molecule has 0 amide bonds. The van der Waals surface area contributed by atoms with Crippen molar-refractivity contribution in [1.82, 2.24) is 4.98 Å². The van der Waals surface area contributed by atoms with Crippen molar-refractivity contribution in [2.24, 2.45) is 10.7 Å². The van der Waals surface area contributed by atoms with Crippen LogP contribution in [0.5, 0.6) is 11.5 Å². The Morgan fingerprint density at radius 1 is 1.15 bits per heavy atom. The van der Waals surface area contributed by atoms with E-state index in [0.717, 1.165) is 35.9 Å². The highest BCUT2D eigenvalue weighted by molar-refractivity contribution is 5.92. The summed E-state index contributed by atoms with van der Waals surface area (Å²) in [5.41, 5.74) is 8.97. The molecule has 2 heterocycles. The molecule has 0 atom stereocenters. The monoisotopic (exact) mass is 369 g/mol. The number of aliphatic imine (C=N–C) groups is 1. The summed E-state index contributed by atoms with van der Waals surface area (Å²) in [5, 5.41) is 3.10. The summed E-state index contributed by atoms with van der Waals surface area (Å²) in [4.78, 5) is 11.5. The molecule has 0 aliphatic carbocycles. The van der Waals surface area contributed by atoms with Gasteiger partial charge >= 0.3 is 0 Å². The van der Waals surface area contributed by atoms with Gasteiger partial charge in [0.05, 0.1) is 20.8 Å². The Balaban J connectivity index is 1.72. The molecular formula is C20H27N5O2. The third kappa shape index (κ3) is 4.61. The first kappa shape index (κ1) is 18.8. The number of nitrogens with zero attached hydrogens (tertiary/aromatic N) is 3. The Hall–Kier alpha value is -2.96. The van der Waals surface area contributed by atoms with Gasteiger partial charge in [0.15, 0.2) is 17.5 Å². The molecule has 7 nitrogen and oxygen atoms in total. The van der Waals surface area contributed by atoms with E-state index >= 15 is 0 Å². The van der Waals surface area contributed by atoms with E-state index in [-0.39, 0.29) is 0 Å². The second-order valence-electron chi connectivity index (χ2n) is 6.53. The van der Waals surface area contributed by atoms with Crippen LogP contribution in [0.4, 0.5) is 11.5 Å². The molecule has 1 saturated heterocycles. The lowest BCUT2D eigenvalue weighted by Crippen LogP contribution is -2.23. The normalized spacial score (nSPS) is 14.3. The average Bonchev–Trinajstić information content (AvgIpc) is 3.21. The highest BCUT2D eigenvalue weighted by Crippen LogP contribution is 2.29. The summed E-state index contributed by atoms with van der Waals surface area (Å²) < 4.78 is 10.6. The Morgan fingerprint density at radius 2 is 1.89 bits per heavy atom. The standard InChI is InChI=1S/C20H27N5O2/c1-14-6-7-15(19(23-14)25-10-4-5-11-25)13-22-20(21)24-16-8-9-17(26-2)18(12-16)27-3/h6-9,12H,4-5,10-11,13H2,1-3H3,(H3,21,22,24). The summed E-state index contributed by atoms with van der Waals surface area (Å²) in [6.07, 6.45) is 2.42. The Labute approximate surface area is 160 Å². The lowest BCUT2D eigenvalue weighted by molar-refractivity contribution is 0.355. The molecule has 27 heavy (non-hydrogen) atoms. The number of guanidine groups is 1. The molecule has 0 spiro atoms. The van der Waals surface area contributed by atoms with Gasteiger partial charge in [-0.15, -0.1) is 0 Å². The summed E-state index contributed by atoms with van der Waals surface area (Å²) in [6.45, 7) is 4.59. The average molecular weight is 369 g/mol. The van der Waals surface area contributed by atoms with E-state index in [4.69, 9.17) is 20.2 Å². The molecule has 7 heteroatoms. The molecule has 1 aliphatic rings. The number of hydrogen-bond acceptors (Lipinski definition) is 5. The number of ether oxygens (including phenoxy) is 2. The largest absolute Gasteiger partial charge is 0.493 e. The SMILES string of the molecule is COc1ccc(NC(N)=NCc2ccc(C)nc2N2CCCC2)cc1OC. The van der Waals surface area contributed by atoms with Crippen molar-refractivity contribution in [3.63, 3.8) is 0 Å². The summed E-state index contributed by atoms with van der Waals surface area (Å²) in [7, 11) is 3.21. The van der Waals surface area contributed by atoms with Gasteiger partial charge in [0.1, 0.15) is 5.82 Å². The molecule has 144 valence electrons. The Morgan fingerprint density at radius 3 is 2.59 bits per heavy atom. The first-order chi connectivity index (χ1) is 13.1. The van der Waals surface area contributed by atoms with E-state index in [0.29, 0.717) is 24.0 Å². The number of pyridine rings is 1. The minimum Gasteiger partial charge on any atom is -0.493 e. The lowest BCUT2D eigenvalue weighted by atomic mass is 10.2. The van der Waals surface area contributed by atoms with Crippen LogP contribution < -0.4 is 25.4 Å². The number of anilines is 2. The number of aryl methyl sites for hydroxylation is 1. The molecule has 0 unspecified atom stereocenters. The fourth-order valence-electron chi connectivity index (χ4n) is 3.17. The zero-order valence-electron chi connectivity index (χ0n) is 16.2. The zero-order chi connectivity index (χ0) is 19.2. The van der Waals surface area contributed by atoms with Crippen LogP contribution in [0.1, 0.15) is 24.1 Å². The topological polar surface area (TPSA) is 85.0 Å². The van der Waals surface area contributed by atoms with E-state index in [2.05, 4.69) is 21.3 Å². The minimum atomic E-state index is 0.343. The third-order valence-electron chi connectivity index (χ3n) is 4.58. The molecule has 3 N–H and O–H groups in total. The van der Waals surface area contributed by atoms with Crippen molar-refractivity contribution in [3.05, 3.63) is 41.6 Å². The van der Waals surface area contributed by atoms with Crippen molar-refractivity contribution in [2.75, 3.05) is 37.5 Å². The third-order valence-corrected chi connectivity index (χ3v) is 4.58. The van der Waals surface area contributed by atoms with Gasteiger partial charge in [-0.05, 0) is 38.0 Å². The number of rotatable bonds is 6. The van der Waals surface area contributed by atoms with E-state index in [1.54, 1.807) is 14.2 Å². The predicted molar refractivity (Wildman–Crippen MR) is 109 cm³/mol. The van der Waals surface area contributed by atoms with E-state index in [1.165, 1.54) is 12.8 Å². The highest BCUT2D eigenvalue weighted by Gasteiger charge is 2.17. The minimum absolute atomic E-state index is 0.343. The van der Waals surface area contributed by atoms with Crippen LogP contribution in [0.25, 0.3) is 0 Å². The van der Waals surface area contributed by atoms with Gasteiger partial charge in [-0.1, -0.05) is 6.07 Å². The Bertz CT molecular complexity index is 816. The second kappa shape index (κ2) is 8.62. The van der Waals surface area contributed by atoms with Crippen LogP contribution >= 0.6 is 0 Å². The molecule has 1 aromatic heterocycles. The maximum atomic E-state index is 6.08. The van der Waals surface area contributed by atoms with Gasteiger partial charge in [-0.25, -0.2) is 9.98 Å². The maximum Gasteiger partial charge on any atom is 0.193 e. The maximum absolute atomic E-state index is 6.08. The molecule has 0 radical (unpaired) electrons. The quantitative estimate of drug-likeness (QED) is 0.602. The van der Waals surface area contributed by atoms with E-state index in [9.17, 15) is 0 Å². The van der Waals surface area contributed by atoms with Crippen LogP contribution in [-0.4, -0.2) is 38.3 Å². The van der Waals surface area contributed by atoms with Crippen LogP contribution in [0.15, 0.2) is 35.3 Å². The van der Waals surface area contributed by atoms with Crippen molar-refractivity contribution in [3.8, 4) is 11.5 Å². The van der Waals surface area contributed by atoms with Crippen molar-refractivity contribution >= 4 is 17.5 Å². The lowest BCUT2D eigenvalue weighted by Gasteiger charge is -2.20. The van der Waals surface area contributed by atoms with Crippen molar-refractivity contribution in [1.29, 1.82) is 0 Å². The Kier molecular flexibility index (Phi) is 6.01. The van der Waals surface area contributed by atoms with Gasteiger partial charge in [0, 0.05) is 36.1 Å². The molecule has 1 fully saturated rings. The summed E-state index contributed by atoms with van der Waals surface area (Å²) in [5.74, 6) is 2.67. The van der Waals surface area contributed by atoms with Gasteiger partial charge in [-0.2, -0.15) is 0 Å². The summed E-state index contributed by atoms with van der Waals surface area (Å²) in [6, 6.07) is 9.62. The van der Waals surface area contributed by atoms with Gasteiger partial charge in [-0.3, -0.25) is 0 Å². The van der Waals surface area contributed by atoms with E-state index in [1.807, 2.05) is 31.2 Å². The number of nitrogens with two attached hydrogens (primary N) is 1. The molecule has 0 saturated carbocycles. The number of benzene rings is 1. The number of methoxy groups -OCH3 is 2. The first-order valence-corrected chi connectivity index (χ1v) is 9.11. The summed E-state index contributed by atoms with van der Waals surface area (Å²) >= 11 is 0. The zero-order valence-corrected chi connectivity index (χ0v) is 16.2. The fourth-order valence-corrected chi connectivity index (χ4v) is 3.17. The fraction of sp³-hybridized carbons (Fsp3) is 0.400. The smallest absolute Gasteiger partial charge is 0.193 e. The number of aromatic nitrogens is 1. The van der Waals surface area contributed by atoms with Gasteiger partial charge in [0.2, 0.25) is 0 Å². The highest BCUT2D eigenvalue weighted by atomic mass is 16.5. The van der Waals surface area contributed by atoms with Gasteiger partial charge < -0.3 is 25.4 Å². The first-order valence-electron chi connectivity index (χ1n) is 9.11. The molecule has 0 bridgehead atoms. The van der Waals surface area contributed by atoms with Crippen molar-refractivity contribution in [2.45, 2.75) is 26.3 Å². The second-order valence-corrected chi connectivity index (χ2v) is 6.53. The van der Waals surface area contributed by atoms with Crippen LogP contribution in [-0.2, 0) is 6.54 Å². The van der Waals surface area contributed by atoms with Gasteiger partial charge in [0.25, 0.3) is 0 Å². The number of nitrogens with one attached hydrogen (secondary N) is 1. The van der Waals surface area contributed by atoms with Crippen LogP contribution in [0, 0.1) is 6.92 Å².